The molecule has 8 nitrogen and oxygen atoms in total. The minimum Gasteiger partial charge on any atom is -0.350 e. The maximum atomic E-state index is 12.9. The van der Waals surface area contributed by atoms with Gasteiger partial charge < -0.3 is 10.6 Å². The van der Waals surface area contributed by atoms with E-state index in [2.05, 4.69) is 26.0 Å². The Morgan fingerprint density at radius 2 is 2.11 bits per heavy atom. The van der Waals surface area contributed by atoms with Crippen LogP contribution in [0.25, 0.3) is 0 Å². The van der Waals surface area contributed by atoms with E-state index in [0.29, 0.717) is 19.0 Å². The van der Waals surface area contributed by atoms with Crippen LogP contribution < -0.4 is 16.0 Å². The average molecular weight is 382 g/mol. The normalized spacial score (nSPS) is 23.8. The van der Waals surface area contributed by atoms with Gasteiger partial charge >= 0.3 is 0 Å². The van der Waals surface area contributed by atoms with Gasteiger partial charge in [0.1, 0.15) is 12.9 Å². The van der Waals surface area contributed by atoms with E-state index in [9.17, 15) is 9.59 Å². The maximum Gasteiger partial charge on any atom is 0.248 e. The van der Waals surface area contributed by atoms with Crippen molar-refractivity contribution in [2.75, 3.05) is 18.4 Å². The molecule has 1 saturated heterocycles. The lowest BCUT2D eigenvalue weighted by Crippen LogP contribution is -2.44. The van der Waals surface area contributed by atoms with E-state index < -0.39 is 0 Å². The van der Waals surface area contributed by atoms with E-state index in [4.69, 9.17) is 0 Å². The number of nitrogens with one attached hydrogen (secondary N) is 3. The van der Waals surface area contributed by atoms with E-state index in [0.717, 1.165) is 31.4 Å². The number of carbonyl (C=O) groups excluding carboxylic acids is 2. The van der Waals surface area contributed by atoms with Gasteiger partial charge in [-0.2, -0.15) is 0 Å². The smallest absolute Gasteiger partial charge is 0.248 e. The van der Waals surface area contributed by atoms with Crippen LogP contribution in [0.5, 0.6) is 0 Å². The first kappa shape index (κ1) is 18.6. The fraction of sp³-hybridized carbons (Fsp3) is 0.500. The first-order valence-corrected chi connectivity index (χ1v) is 9.88. The summed E-state index contributed by atoms with van der Waals surface area (Å²) in [6.07, 6.45) is 5.73. The van der Waals surface area contributed by atoms with Gasteiger partial charge in [0.2, 0.25) is 17.8 Å². The predicted octanol–water partition coefficient (Wildman–Crippen LogP) is 1.31. The second-order valence-corrected chi connectivity index (χ2v) is 7.71. The first-order chi connectivity index (χ1) is 13.7. The van der Waals surface area contributed by atoms with E-state index in [1.807, 2.05) is 30.3 Å². The van der Waals surface area contributed by atoms with Crippen LogP contribution in [0.3, 0.4) is 0 Å². The van der Waals surface area contributed by atoms with Gasteiger partial charge in [-0.05, 0) is 30.9 Å². The number of nitrogens with zero attached hydrogens (tertiary/aromatic N) is 3. The van der Waals surface area contributed by atoms with Crippen molar-refractivity contribution < 1.29 is 9.59 Å². The molecule has 1 aromatic carbocycles. The van der Waals surface area contributed by atoms with Crippen molar-refractivity contribution in [2.45, 2.75) is 38.8 Å². The Balaban J connectivity index is 1.31. The standard InChI is InChI=1S/C20H26N6O2/c27-17(22-10-15-6-2-1-3-7-15)12-26-14-23-19(25-26)24-18(28)20-9-5-4-8-16(20)11-21-13-20/h1-3,6-7,14,16,21H,4-5,8-13H2,(H,22,27)(H,24,25,28)/t16-,20+/m0/s1. The number of hydrogen-bond acceptors (Lipinski definition) is 5. The molecule has 0 unspecified atom stereocenters. The Labute approximate surface area is 164 Å². The van der Waals surface area contributed by atoms with Crippen molar-refractivity contribution in [1.29, 1.82) is 0 Å². The summed E-state index contributed by atoms with van der Waals surface area (Å²) in [5.41, 5.74) is 0.686. The molecule has 148 valence electrons. The molecule has 0 bridgehead atoms. The van der Waals surface area contributed by atoms with Gasteiger partial charge in [0.15, 0.2) is 0 Å². The highest BCUT2D eigenvalue weighted by atomic mass is 16.2. The number of amides is 2. The maximum absolute atomic E-state index is 12.9. The zero-order chi connectivity index (χ0) is 19.4. The van der Waals surface area contributed by atoms with E-state index in [1.54, 1.807) is 0 Å². The molecule has 0 spiro atoms. The molecular formula is C20H26N6O2. The lowest BCUT2D eigenvalue weighted by Gasteiger charge is -2.36. The summed E-state index contributed by atoms with van der Waals surface area (Å²) < 4.78 is 1.44. The summed E-state index contributed by atoms with van der Waals surface area (Å²) in [5.74, 6) is 0.476. The molecule has 0 radical (unpaired) electrons. The van der Waals surface area contributed by atoms with E-state index in [-0.39, 0.29) is 29.7 Å². The van der Waals surface area contributed by atoms with Crippen molar-refractivity contribution >= 4 is 17.8 Å². The number of aromatic nitrogens is 3. The van der Waals surface area contributed by atoms with E-state index in [1.165, 1.54) is 17.4 Å². The Morgan fingerprint density at radius 1 is 1.25 bits per heavy atom. The van der Waals surface area contributed by atoms with Gasteiger partial charge in [0, 0.05) is 13.1 Å². The summed E-state index contributed by atoms with van der Waals surface area (Å²) in [4.78, 5) is 29.2. The zero-order valence-corrected chi connectivity index (χ0v) is 15.9. The fourth-order valence-electron chi connectivity index (χ4n) is 4.34. The first-order valence-electron chi connectivity index (χ1n) is 9.88. The van der Waals surface area contributed by atoms with Gasteiger partial charge in [0.05, 0.1) is 5.41 Å². The van der Waals surface area contributed by atoms with Crippen molar-refractivity contribution in [3.8, 4) is 0 Å². The van der Waals surface area contributed by atoms with Crippen molar-refractivity contribution in [1.82, 2.24) is 25.4 Å². The van der Waals surface area contributed by atoms with Crippen LogP contribution in [0.15, 0.2) is 36.7 Å². The number of anilines is 1. The topological polar surface area (TPSA) is 101 Å². The number of carbonyl (C=O) groups is 2. The van der Waals surface area contributed by atoms with Crippen molar-refractivity contribution in [3.63, 3.8) is 0 Å². The number of benzene rings is 1. The largest absolute Gasteiger partial charge is 0.350 e. The molecule has 1 aliphatic heterocycles. The van der Waals surface area contributed by atoms with Gasteiger partial charge in [-0.1, -0.05) is 43.2 Å². The van der Waals surface area contributed by atoms with Crippen molar-refractivity contribution in [3.05, 3.63) is 42.2 Å². The molecule has 2 aliphatic rings. The highest BCUT2D eigenvalue weighted by molar-refractivity contribution is 5.94. The second-order valence-electron chi connectivity index (χ2n) is 7.71. The Bertz CT molecular complexity index is 836. The molecule has 8 heteroatoms. The molecule has 28 heavy (non-hydrogen) atoms. The summed E-state index contributed by atoms with van der Waals surface area (Å²) in [6.45, 7) is 2.14. The molecule has 4 rings (SSSR count). The number of hydrogen-bond donors (Lipinski definition) is 3. The molecule has 1 aromatic heterocycles. The minimum absolute atomic E-state index is 0.00604. The van der Waals surface area contributed by atoms with Crippen molar-refractivity contribution in [2.24, 2.45) is 11.3 Å². The van der Waals surface area contributed by atoms with Gasteiger partial charge in [-0.15, -0.1) is 5.10 Å². The van der Waals surface area contributed by atoms with Gasteiger partial charge in [-0.25, -0.2) is 9.67 Å². The third-order valence-corrected chi connectivity index (χ3v) is 5.89. The molecule has 2 fully saturated rings. The number of fused-ring (bicyclic) bond motifs is 1. The van der Waals surface area contributed by atoms with E-state index >= 15 is 0 Å². The van der Waals surface area contributed by atoms with Crippen LogP contribution in [0.2, 0.25) is 0 Å². The predicted molar refractivity (Wildman–Crippen MR) is 104 cm³/mol. The highest BCUT2D eigenvalue weighted by Gasteiger charge is 2.50. The molecule has 3 N–H and O–H groups in total. The fourth-order valence-corrected chi connectivity index (χ4v) is 4.34. The highest BCUT2D eigenvalue weighted by Crippen LogP contribution is 2.44. The summed E-state index contributed by atoms with van der Waals surface area (Å²) in [5, 5.41) is 13.3. The van der Waals surface area contributed by atoms with Gasteiger partial charge in [-0.3, -0.25) is 14.9 Å². The van der Waals surface area contributed by atoms with Crippen LogP contribution >= 0.6 is 0 Å². The third-order valence-electron chi connectivity index (χ3n) is 5.89. The molecular weight excluding hydrogens is 356 g/mol. The zero-order valence-electron chi connectivity index (χ0n) is 15.9. The van der Waals surface area contributed by atoms with Crippen LogP contribution in [0, 0.1) is 11.3 Å². The quantitative estimate of drug-likeness (QED) is 0.699. The van der Waals surface area contributed by atoms with Crippen LogP contribution in [0.1, 0.15) is 31.2 Å². The Morgan fingerprint density at radius 3 is 2.96 bits per heavy atom. The molecule has 2 atom stereocenters. The summed E-state index contributed by atoms with van der Waals surface area (Å²) in [7, 11) is 0. The Hall–Kier alpha value is -2.74. The monoisotopic (exact) mass is 382 g/mol. The van der Waals surface area contributed by atoms with Crippen LogP contribution in [0.4, 0.5) is 5.95 Å². The second kappa shape index (κ2) is 8.10. The minimum atomic E-state index is -0.350. The SMILES string of the molecule is O=C(Cn1cnc(NC(=O)[C@@]23CCCC[C@H]2CNC3)n1)NCc1ccccc1. The molecule has 2 heterocycles. The molecule has 2 amide bonds. The third kappa shape index (κ3) is 3.91. The number of rotatable bonds is 6. The van der Waals surface area contributed by atoms with Gasteiger partial charge in [0.25, 0.3) is 0 Å². The van der Waals surface area contributed by atoms with Crippen LogP contribution in [-0.4, -0.2) is 39.7 Å². The summed E-state index contributed by atoms with van der Waals surface area (Å²) in [6, 6.07) is 9.72. The molecule has 1 aliphatic carbocycles. The lowest BCUT2D eigenvalue weighted by molar-refractivity contribution is -0.128. The van der Waals surface area contributed by atoms with Crippen LogP contribution in [-0.2, 0) is 22.7 Å². The summed E-state index contributed by atoms with van der Waals surface area (Å²) >= 11 is 0. The molecule has 1 saturated carbocycles. The molecule has 2 aromatic rings. The Kier molecular flexibility index (Phi) is 5.38. The lowest BCUT2D eigenvalue weighted by atomic mass is 9.67. The average Bonchev–Trinajstić information content (AvgIpc) is 3.34.